The maximum atomic E-state index is 5.25. The molecule has 0 saturated heterocycles. The number of hydrogen-bond donors (Lipinski definition) is 0. The Labute approximate surface area is 72.6 Å². The molecule has 0 radical (unpaired) electrons. The minimum absolute atomic E-state index is 0.183. The van der Waals surface area contributed by atoms with Gasteiger partial charge in [-0.15, -0.1) is 0 Å². The summed E-state index contributed by atoms with van der Waals surface area (Å²) in [4.78, 5) is 0. The zero-order chi connectivity index (χ0) is 9.03. The van der Waals surface area contributed by atoms with Gasteiger partial charge in [-0.2, -0.15) is 0 Å². The molecule has 0 aromatic carbocycles. The van der Waals surface area contributed by atoms with Crippen LogP contribution in [-0.2, 0) is 14.2 Å². The maximum absolute atomic E-state index is 5.25. The molecule has 12 heavy (non-hydrogen) atoms. The Kier molecular flexibility index (Phi) is 3.03. The third-order valence-electron chi connectivity index (χ3n) is 2.01. The highest BCUT2D eigenvalue weighted by atomic mass is 16.7. The first kappa shape index (κ1) is 9.45. The van der Waals surface area contributed by atoms with Crippen LogP contribution in [0.5, 0.6) is 0 Å². The van der Waals surface area contributed by atoms with E-state index in [-0.39, 0.29) is 6.10 Å². The van der Waals surface area contributed by atoms with Crippen LogP contribution in [0.3, 0.4) is 0 Å². The van der Waals surface area contributed by atoms with Gasteiger partial charge in [-0.3, -0.25) is 0 Å². The fourth-order valence-corrected chi connectivity index (χ4v) is 1.28. The molecule has 68 valence electrons. The molecule has 0 amide bonds. The third-order valence-corrected chi connectivity index (χ3v) is 2.01. The summed E-state index contributed by atoms with van der Waals surface area (Å²) < 4.78 is 15.7. The van der Waals surface area contributed by atoms with Crippen LogP contribution in [0, 0.1) is 0 Å². The van der Waals surface area contributed by atoms with Crippen molar-refractivity contribution in [2.24, 2.45) is 0 Å². The van der Waals surface area contributed by atoms with E-state index < -0.39 is 5.79 Å². The summed E-state index contributed by atoms with van der Waals surface area (Å²) in [6, 6.07) is 0. The van der Waals surface area contributed by atoms with Crippen LogP contribution in [0.25, 0.3) is 0 Å². The molecule has 1 atom stereocenters. The van der Waals surface area contributed by atoms with E-state index in [9.17, 15) is 0 Å². The fourth-order valence-electron chi connectivity index (χ4n) is 1.28. The van der Waals surface area contributed by atoms with Gasteiger partial charge in [-0.1, -0.05) is 18.2 Å². The van der Waals surface area contributed by atoms with Crippen molar-refractivity contribution >= 4 is 0 Å². The van der Waals surface area contributed by atoms with E-state index in [4.69, 9.17) is 14.2 Å². The number of rotatable bonds is 3. The van der Waals surface area contributed by atoms with Crippen molar-refractivity contribution in [2.75, 3.05) is 21.3 Å². The highest BCUT2D eigenvalue weighted by Gasteiger charge is 2.36. The predicted octanol–water partition coefficient (Wildman–Crippen LogP) is 1.12. The molecular weight excluding hydrogens is 156 g/mol. The van der Waals surface area contributed by atoms with E-state index in [0.717, 1.165) is 0 Å². The molecule has 1 rings (SSSR count). The zero-order valence-corrected chi connectivity index (χ0v) is 7.61. The summed E-state index contributed by atoms with van der Waals surface area (Å²) in [5, 5.41) is 0. The number of allylic oxidation sites excluding steroid dienone is 2. The number of hydrogen-bond acceptors (Lipinski definition) is 3. The predicted molar refractivity (Wildman–Crippen MR) is 45.8 cm³/mol. The Hall–Kier alpha value is -0.640. The van der Waals surface area contributed by atoms with Crippen molar-refractivity contribution in [1.29, 1.82) is 0 Å². The molecule has 0 saturated carbocycles. The lowest BCUT2D eigenvalue weighted by Crippen LogP contribution is -2.45. The first-order chi connectivity index (χ1) is 5.79. The average Bonchev–Trinajstić information content (AvgIpc) is 2.17. The molecule has 0 aromatic heterocycles. The lowest BCUT2D eigenvalue weighted by atomic mass is 10.0. The molecule has 1 aliphatic rings. The second-order valence-corrected chi connectivity index (χ2v) is 2.53. The largest absolute Gasteiger partial charge is 0.371 e. The summed E-state index contributed by atoms with van der Waals surface area (Å²) >= 11 is 0. The van der Waals surface area contributed by atoms with Gasteiger partial charge in [0, 0.05) is 21.3 Å². The van der Waals surface area contributed by atoms with Gasteiger partial charge in [0.05, 0.1) is 0 Å². The molecular formula is C9H14O3. The van der Waals surface area contributed by atoms with E-state index in [1.165, 1.54) is 0 Å². The van der Waals surface area contributed by atoms with Crippen molar-refractivity contribution in [2.45, 2.75) is 11.9 Å². The first-order valence-electron chi connectivity index (χ1n) is 3.78. The smallest absolute Gasteiger partial charge is 0.218 e. The molecule has 0 aromatic rings. The highest BCUT2D eigenvalue weighted by molar-refractivity contribution is 5.20. The van der Waals surface area contributed by atoms with Crippen LogP contribution >= 0.6 is 0 Å². The van der Waals surface area contributed by atoms with Gasteiger partial charge in [0.1, 0.15) is 6.10 Å². The summed E-state index contributed by atoms with van der Waals surface area (Å²) in [6.45, 7) is 0. The summed E-state index contributed by atoms with van der Waals surface area (Å²) in [6.07, 6.45) is 7.33. The van der Waals surface area contributed by atoms with Gasteiger partial charge in [0.15, 0.2) is 0 Å². The maximum Gasteiger partial charge on any atom is 0.218 e. The Bertz CT molecular complexity index is 192. The zero-order valence-electron chi connectivity index (χ0n) is 7.61. The Balaban J connectivity index is 2.84. The van der Waals surface area contributed by atoms with Crippen molar-refractivity contribution < 1.29 is 14.2 Å². The van der Waals surface area contributed by atoms with Crippen LogP contribution in [0.2, 0.25) is 0 Å². The van der Waals surface area contributed by atoms with Crippen LogP contribution in [-0.4, -0.2) is 33.2 Å². The van der Waals surface area contributed by atoms with Crippen LogP contribution < -0.4 is 0 Å². The number of ether oxygens (including phenoxy) is 3. The molecule has 1 unspecified atom stereocenters. The molecule has 0 heterocycles. The van der Waals surface area contributed by atoms with Crippen LogP contribution in [0.4, 0.5) is 0 Å². The van der Waals surface area contributed by atoms with E-state index in [0.29, 0.717) is 0 Å². The monoisotopic (exact) mass is 170 g/mol. The normalized spacial score (nSPS) is 26.1. The quantitative estimate of drug-likeness (QED) is 0.594. The van der Waals surface area contributed by atoms with Gasteiger partial charge >= 0.3 is 0 Å². The first-order valence-corrected chi connectivity index (χ1v) is 3.78. The minimum Gasteiger partial charge on any atom is -0.371 e. The van der Waals surface area contributed by atoms with Gasteiger partial charge in [-0.25, -0.2) is 0 Å². The standard InChI is InChI=1S/C9H14O3/c1-10-8-6-4-5-7-9(8,11-2)12-3/h4-8H,1-3H3. The second kappa shape index (κ2) is 3.85. The molecule has 0 spiro atoms. The van der Waals surface area contributed by atoms with Crippen molar-refractivity contribution in [1.82, 2.24) is 0 Å². The summed E-state index contributed by atoms with van der Waals surface area (Å²) in [5.74, 6) is -0.760. The average molecular weight is 170 g/mol. The lowest BCUT2D eigenvalue weighted by Gasteiger charge is -2.34. The Morgan fingerprint density at radius 1 is 1.08 bits per heavy atom. The number of methoxy groups -OCH3 is 3. The van der Waals surface area contributed by atoms with Gasteiger partial charge in [0.25, 0.3) is 0 Å². The van der Waals surface area contributed by atoms with Crippen molar-refractivity contribution in [3.8, 4) is 0 Å². The summed E-state index contributed by atoms with van der Waals surface area (Å²) in [7, 11) is 4.82. The molecule has 0 aliphatic heterocycles. The van der Waals surface area contributed by atoms with E-state index >= 15 is 0 Å². The molecule has 0 bridgehead atoms. The fraction of sp³-hybridized carbons (Fsp3) is 0.556. The minimum atomic E-state index is -0.760. The topological polar surface area (TPSA) is 27.7 Å². The van der Waals surface area contributed by atoms with E-state index in [1.54, 1.807) is 21.3 Å². The SMILES string of the molecule is COC1C=CC=CC1(OC)OC. The highest BCUT2D eigenvalue weighted by Crippen LogP contribution is 2.24. The van der Waals surface area contributed by atoms with E-state index in [2.05, 4.69) is 0 Å². The Morgan fingerprint density at radius 2 is 1.75 bits per heavy atom. The van der Waals surface area contributed by atoms with Crippen molar-refractivity contribution in [3.05, 3.63) is 24.3 Å². The summed E-state index contributed by atoms with van der Waals surface area (Å²) in [5.41, 5.74) is 0. The lowest BCUT2D eigenvalue weighted by molar-refractivity contribution is -0.220. The molecule has 3 nitrogen and oxygen atoms in total. The van der Waals surface area contributed by atoms with Gasteiger partial charge in [0.2, 0.25) is 5.79 Å². The van der Waals surface area contributed by atoms with E-state index in [1.807, 2.05) is 24.3 Å². The van der Waals surface area contributed by atoms with Gasteiger partial charge < -0.3 is 14.2 Å². The Morgan fingerprint density at radius 3 is 2.17 bits per heavy atom. The second-order valence-electron chi connectivity index (χ2n) is 2.53. The van der Waals surface area contributed by atoms with Gasteiger partial charge in [-0.05, 0) is 6.08 Å². The van der Waals surface area contributed by atoms with Crippen molar-refractivity contribution in [3.63, 3.8) is 0 Å². The molecule has 1 aliphatic carbocycles. The molecule has 0 fully saturated rings. The van der Waals surface area contributed by atoms with Crippen LogP contribution in [0.15, 0.2) is 24.3 Å². The molecule has 3 heteroatoms. The third kappa shape index (κ3) is 1.43. The van der Waals surface area contributed by atoms with Crippen LogP contribution in [0.1, 0.15) is 0 Å². The molecule has 0 N–H and O–H groups in total.